The molecule has 0 aliphatic carbocycles. The maximum Gasteiger partial charge on any atom is 0.421 e. The fourth-order valence-electron chi connectivity index (χ4n) is 2.44. The van der Waals surface area contributed by atoms with Gasteiger partial charge in [-0.05, 0) is 24.6 Å². The van der Waals surface area contributed by atoms with Gasteiger partial charge in [0.2, 0.25) is 0 Å². The van der Waals surface area contributed by atoms with Crippen LogP contribution in [0.4, 0.5) is 13.2 Å². The smallest absolute Gasteiger partial charge is 0.421 e. The molecule has 1 aromatic carbocycles. The average molecular weight is 356 g/mol. The number of allylic oxidation sites excluding steroid dienone is 1. The first-order valence-electron chi connectivity index (χ1n) is 7.65. The van der Waals surface area contributed by atoms with E-state index in [1.54, 1.807) is 24.3 Å². The summed E-state index contributed by atoms with van der Waals surface area (Å²) >= 11 is 0. The van der Waals surface area contributed by atoms with Crippen LogP contribution in [0.5, 0.6) is 5.75 Å². The number of dihydropyridines is 1. The number of aliphatic hydroxyl groups excluding tert-OH is 1. The molecule has 0 aromatic heterocycles. The predicted octanol–water partition coefficient (Wildman–Crippen LogP) is 2.05. The van der Waals surface area contributed by atoms with Crippen LogP contribution in [-0.2, 0) is 11.2 Å². The molecule has 0 spiro atoms. The molecule has 1 aliphatic heterocycles. The van der Waals surface area contributed by atoms with Gasteiger partial charge in [-0.2, -0.15) is 13.2 Å². The lowest BCUT2D eigenvalue weighted by Crippen LogP contribution is -2.40. The summed E-state index contributed by atoms with van der Waals surface area (Å²) in [5, 5.41) is 11.5. The van der Waals surface area contributed by atoms with Gasteiger partial charge in [0.1, 0.15) is 17.4 Å². The van der Waals surface area contributed by atoms with Crippen LogP contribution in [-0.4, -0.2) is 49.1 Å². The van der Waals surface area contributed by atoms with Crippen molar-refractivity contribution in [3.05, 3.63) is 41.1 Å². The molecule has 0 saturated carbocycles. The van der Waals surface area contributed by atoms with Crippen molar-refractivity contribution in [1.29, 1.82) is 0 Å². The van der Waals surface area contributed by atoms with E-state index in [4.69, 9.17) is 9.84 Å². The molecule has 2 rings (SSSR count). The molecule has 0 amide bonds. The first-order chi connectivity index (χ1) is 11.8. The fourth-order valence-corrected chi connectivity index (χ4v) is 2.44. The Kier molecular flexibility index (Phi) is 5.84. The number of nitrogens with zero attached hydrogens (tertiary/aromatic N) is 1. The number of methoxy groups -OCH3 is 1. The topological polar surface area (TPSA) is 70.9 Å². The fraction of sp³-hybridized carbons (Fsp3) is 0.412. The maximum absolute atomic E-state index is 13.3. The van der Waals surface area contributed by atoms with Crippen LogP contribution in [0.2, 0.25) is 0 Å². The quantitative estimate of drug-likeness (QED) is 0.818. The van der Waals surface area contributed by atoms with Gasteiger partial charge in [-0.15, -0.1) is 0 Å². The molecule has 2 atom stereocenters. The highest BCUT2D eigenvalue weighted by Gasteiger charge is 2.45. The minimum Gasteiger partial charge on any atom is -0.497 e. The lowest BCUT2D eigenvalue weighted by molar-refractivity contribution is -0.130. The Balaban J connectivity index is 2.24. The third-order valence-corrected chi connectivity index (χ3v) is 3.75. The van der Waals surface area contributed by atoms with Crippen molar-refractivity contribution in [3.8, 4) is 5.75 Å². The van der Waals surface area contributed by atoms with Crippen molar-refractivity contribution in [2.24, 2.45) is 4.99 Å². The molecule has 1 unspecified atom stereocenters. The van der Waals surface area contributed by atoms with E-state index < -0.39 is 35.3 Å². The van der Waals surface area contributed by atoms with Crippen molar-refractivity contribution in [2.45, 2.75) is 31.6 Å². The molecule has 25 heavy (non-hydrogen) atoms. The molecule has 5 nitrogen and oxygen atoms in total. The molecule has 8 heteroatoms. The Labute approximate surface area is 143 Å². The number of ketones is 1. The van der Waals surface area contributed by atoms with Crippen molar-refractivity contribution >= 4 is 12.0 Å². The summed E-state index contributed by atoms with van der Waals surface area (Å²) in [6, 6.07) is 4.93. The van der Waals surface area contributed by atoms with Gasteiger partial charge in [0.15, 0.2) is 5.78 Å². The van der Waals surface area contributed by atoms with E-state index in [9.17, 15) is 18.0 Å². The Bertz CT molecular complexity index is 681. The van der Waals surface area contributed by atoms with Crippen LogP contribution in [0.15, 0.2) is 40.5 Å². The highest BCUT2D eigenvalue weighted by Crippen LogP contribution is 2.32. The van der Waals surface area contributed by atoms with Crippen LogP contribution in [0.3, 0.4) is 0 Å². The Morgan fingerprint density at radius 3 is 2.48 bits per heavy atom. The van der Waals surface area contributed by atoms with E-state index in [0.717, 1.165) is 6.21 Å². The number of carbonyl (C=O) groups excluding carboxylic acids is 1. The van der Waals surface area contributed by atoms with Crippen LogP contribution >= 0.6 is 0 Å². The highest BCUT2D eigenvalue weighted by atomic mass is 19.4. The first-order valence-corrected chi connectivity index (χ1v) is 7.65. The number of alkyl halides is 3. The van der Waals surface area contributed by atoms with Gasteiger partial charge in [0.25, 0.3) is 0 Å². The molecule has 1 aliphatic rings. The largest absolute Gasteiger partial charge is 0.497 e. The number of carbonyl (C=O) groups is 1. The number of benzene rings is 1. The van der Waals surface area contributed by atoms with E-state index in [-0.39, 0.29) is 13.0 Å². The normalized spacial score (nSPS) is 19.1. The van der Waals surface area contributed by atoms with Crippen molar-refractivity contribution in [2.75, 3.05) is 13.7 Å². The number of hydrogen-bond donors (Lipinski definition) is 2. The maximum atomic E-state index is 13.3. The van der Waals surface area contributed by atoms with Crippen LogP contribution in [0.25, 0.3) is 0 Å². The van der Waals surface area contributed by atoms with Crippen LogP contribution in [0.1, 0.15) is 12.5 Å². The average Bonchev–Trinajstić information content (AvgIpc) is 2.56. The number of hydrogen-bond acceptors (Lipinski definition) is 5. The lowest BCUT2D eigenvalue weighted by atomic mass is 9.94. The summed E-state index contributed by atoms with van der Waals surface area (Å²) in [7, 11) is 1.51. The number of aliphatic hydroxyl groups is 1. The number of rotatable bonds is 6. The Morgan fingerprint density at radius 1 is 1.32 bits per heavy atom. The summed E-state index contributed by atoms with van der Waals surface area (Å²) in [5.41, 5.74) is -0.996. The second kappa shape index (κ2) is 7.69. The second-order valence-electron chi connectivity index (χ2n) is 5.72. The van der Waals surface area contributed by atoms with Gasteiger partial charge in [0, 0.05) is 18.7 Å². The number of aliphatic imine (C=N–C) groups is 1. The molecule has 0 radical (unpaired) electrons. The minimum absolute atomic E-state index is 0.0573. The molecule has 1 heterocycles. The molecular weight excluding hydrogens is 337 g/mol. The van der Waals surface area contributed by atoms with Gasteiger partial charge in [0.05, 0.1) is 19.4 Å². The molecule has 136 valence electrons. The predicted molar refractivity (Wildman–Crippen MR) is 86.7 cm³/mol. The van der Waals surface area contributed by atoms with Gasteiger partial charge in [-0.1, -0.05) is 12.1 Å². The summed E-state index contributed by atoms with van der Waals surface area (Å²) in [6.45, 7) is 1.13. The number of ether oxygens (including phenoxy) is 1. The van der Waals surface area contributed by atoms with Crippen LogP contribution in [0, 0.1) is 0 Å². The van der Waals surface area contributed by atoms with Crippen molar-refractivity contribution < 1.29 is 27.8 Å². The van der Waals surface area contributed by atoms with E-state index in [1.165, 1.54) is 14.0 Å². The summed E-state index contributed by atoms with van der Waals surface area (Å²) in [5.74, 6) is -0.471. The lowest BCUT2D eigenvalue weighted by Gasteiger charge is -2.24. The van der Waals surface area contributed by atoms with Gasteiger partial charge >= 0.3 is 6.18 Å². The third-order valence-electron chi connectivity index (χ3n) is 3.75. The van der Waals surface area contributed by atoms with E-state index >= 15 is 0 Å². The van der Waals surface area contributed by atoms with Crippen molar-refractivity contribution in [3.63, 3.8) is 0 Å². The monoisotopic (exact) mass is 356 g/mol. The number of Topliss-reactive ketones (excluding diaryl/α,β-unsaturated/α-hetero) is 1. The number of nitrogens with one attached hydrogen (secondary N) is 1. The first kappa shape index (κ1) is 19.0. The summed E-state index contributed by atoms with van der Waals surface area (Å²) in [6.07, 6.45) is -3.73. The van der Waals surface area contributed by atoms with Gasteiger partial charge in [-0.25, -0.2) is 0 Å². The standard InChI is InChI=1S/C17H19F3N2O3/c1-10(9-23)22-14-8-21-13(16(24)15(14)17(18,19)20)7-11-3-5-12(25-2)6-4-11/h3-6,8,10,13,22-23H,7,9H2,1-2H3/t10-,13?/m0/s1. The molecule has 2 N–H and O–H groups in total. The van der Waals surface area contributed by atoms with Crippen molar-refractivity contribution in [1.82, 2.24) is 5.32 Å². The minimum atomic E-state index is -4.81. The Morgan fingerprint density at radius 2 is 1.96 bits per heavy atom. The van der Waals surface area contributed by atoms with Crippen LogP contribution < -0.4 is 10.1 Å². The summed E-state index contributed by atoms with van der Waals surface area (Å²) < 4.78 is 45.1. The zero-order valence-electron chi connectivity index (χ0n) is 13.8. The van der Waals surface area contributed by atoms with E-state index in [0.29, 0.717) is 11.3 Å². The van der Waals surface area contributed by atoms with E-state index in [2.05, 4.69) is 10.3 Å². The molecular formula is C17H19F3N2O3. The number of halogens is 3. The highest BCUT2D eigenvalue weighted by molar-refractivity contribution is 6.08. The zero-order valence-corrected chi connectivity index (χ0v) is 13.8. The molecule has 0 bridgehead atoms. The van der Waals surface area contributed by atoms with Gasteiger partial charge < -0.3 is 15.2 Å². The third kappa shape index (κ3) is 4.60. The molecule has 0 fully saturated rings. The summed E-state index contributed by atoms with van der Waals surface area (Å²) in [4.78, 5) is 16.3. The van der Waals surface area contributed by atoms with E-state index in [1.807, 2.05) is 0 Å². The second-order valence-corrected chi connectivity index (χ2v) is 5.72. The SMILES string of the molecule is COc1ccc(CC2N=CC(N[C@@H](C)CO)=C(C(F)(F)F)C2=O)cc1. The molecule has 1 aromatic rings. The molecule has 0 saturated heterocycles. The Hall–Kier alpha value is -2.35. The zero-order chi connectivity index (χ0) is 18.6. The van der Waals surface area contributed by atoms with Gasteiger partial charge in [-0.3, -0.25) is 9.79 Å².